The molecule has 0 aliphatic carbocycles. The van der Waals surface area contributed by atoms with Gasteiger partial charge in [-0.15, -0.1) is 11.3 Å². The van der Waals surface area contributed by atoms with Crippen LogP contribution in [0.4, 0.5) is 5.69 Å². The van der Waals surface area contributed by atoms with Gasteiger partial charge in [0.1, 0.15) is 15.7 Å². The van der Waals surface area contributed by atoms with E-state index in [1.165, 1.54) is 22.2 Å². The highest BCUT2D eigenvalue weighted by atomic mass is 32.2. The highest BCUT2D eigenvalue weighted by Crippen LogP contribution is 2.35. The minimum absolute atomic E-state index is 0.00646. The van der Waals surface area contributed by atoms with E-state index in [1.54, 1.807) is 11.3 Å². The van der Waals surface area contributed by atoms with Crippen LogP contribution in [0.5, 0.6) is 0 Å². The Balaban J connectivity index is 1.80. The number of rotatable bonds is 5. The second kappa shape index (κ2) is 7.76. The molecule has 1 amide bonds. The van der Waals surface area contributed by atoms with E-state index in [0.29, 0.717) is 5.75 Å². The first-order valence-corrected chi connectivity index (χ1v) is 10.5. The van der Waals surface area contributed by atoms with Crippen molar-refractivity contribution in [2.45, 2.75) is 46.1 Å². The van der Waals surface area contributed by atoms with E-state index < -0.39 is 0 Å². The van der Waals surface area contributed by atoms with Crippen molar-refractivity contribution in [3.63, 3.8) is 0 Å². The number of hydrogen-bond donors (Lipinski definition) is 1. The van der Waals surface area contributed by atoms with Crippen LogP contribution in [-0.2, 0) is 11.2 Å². The minimum atomic E-state index is -0.00646. The van der Waals surface area contributed by atoms with E-state index in [1.807, 2.05) is 26.0 Å². The molecule has 1 aromatic carbocycles. The molecule has 3 aromatic rings. The Morgan fingerprint density at radius 2 is 1.96 bits per heavy atom. The predicted molar refractivity (Wildman–Crippen MR) is 112 cm³/mol. The van der Waals surface area contributed by atoms with Crippen molar-refractivity contribution in [3.05, 3.63) is 45.6 Å². The molecule has 136 valence electrons. The molecule has 0 spiro atoms. The maximum atomic E-state index is 12.5. The summed E-state index contributed by atoms with van der Waals surface area (Å²) < 4.78 is 0. The first-order chi connectivity index (χ1) is 12.4. The zero-order valence-corrected chi connectivity index (χ0v) is 17.4. The molecule has 1 N–H and O–H groups in total. The number of hydrogen-bond acceptors (Lipinski definition) is 5. The van der Waals surface area contributed by atoms with Crippen LogP contribution in [0.2, 0.25) is 0 Å². The molecular weight excluding hydrogens is 362 g/mol. The summed E-state index contributed by atoms with van der Waals surface area (Å²) >= 11 is 3.17. The second-order valence-electron chi connectivity index (χ2n) is 6.34. The van der Waals surface area contributed by atoms with Gasteiger partial charge in [0.15, 0.2) is 0 Å². The van der Waals surface area contributed by atoms with Gasteiger partial charge in [0.25, 0.3) is 0 Å². The smallest absolute Gasteiger partial charge is 0.234 e. The summed E-state index contributed by atoms with van der Waals surface area (Å²) in [6.45, 7) is 10.2. The molecule has 0 bridgehead atoms. The second-order valence-corrected chi connectivity index (χ2v) is 8.51. The van der Waals surface area contributed by atoms with Crippen molar-refractivity contribution >= 4 is 44.9 Å². The van der Waals surface area contributed by atoms with Crippen LogP contribution in [0, 0.1) is 27.7 Å². The normalized spacial score (nSPS) is 11.1. The standard InChI is InChI=1S/C20H23N3OS2/c1-6-15-9-7-8-11(2)18(15)23-16(24)10-25-19-17-12(3)13(4)26-20(17)22-14(5)21-19/h7-9H,6,10H2,1-5H3,(H,23,24). The fraction of sp³-hybridized carbons (Fsp3) is 0.350. The number of thiophene rings is 1. The lowest BCUT2D eigenvalue weighted by molar-refractivity contribution is -0.113. The maximum Gasteiger partial charge on any atom is 0.234 e. The largest absolute Gasteiger partial charge is 0.325 e. The quantitative estimate of drug-likeness (QED) is 0.483. The highest BCUT2D eigenvalue weighted by Gasteiger charge is 2.16. The lowest BCUT2D eigenvalue weighted by Crippen LogP contribution is -2.16. The number of thioether (sulfide) groups is 1. The molecule has 0 unspecified atom stereocenters. The summed E-state index contributed by atoms with van der Waals surface area (Å²) in [4.78, 5) is 23.9. The van der Waals surface area contributed by atoms with Crippen LogP contribution >= 0.6 is 23.1 Å². The molecule has 3 rings (SSSR count). The number of aromatic nitrogens is 2. The van der Waals surface area contributed by atoms with Crippen LogP contribution in [0.25, 0.3) is 10.2 Å². The van der Waals surface area contributed by atoms with E-state index in [0.717, 1.165) is 44.3 Å². The molecule has 0 radical (unpaired) electrons. The lowest BCUT2D eigenvalue weighted by Gasteiger charge is -2.13. The molecular formula is C20H23N3OS2. The van der Waals surface area contributed by atoms with Gasteiger partial charge < -0.3 is 5.32 Å². The Morgan fingerprint density at radius 3 is 2.69 bits per heavy atom. The third kappa shape index (κ3) is 3.76. The molecule has 26 heavy (non-hydrogen) atoms. The number of aryl methyl sites for hydroxylation is 5. The average molecular weight is 386 g/mol. The molecule has 2 aromatic heterocycles. The van der Waals surface area contributed by atoms with Crippen molar-refractivity contribution in [3.8, 4) is 0 Å². The minimum Gasteiger partial charge on any atom is -0.325 e. The van der Waals surface area contributed by atoms with Crippen molar-refractivity contribution in [2.24, 2.45) is 0 Å². The van der Waals surface area contributed by atoms with E-state index in [2.05, 4.69) is 42.1 Å². The van der Waals surface area contributed by atoms with Crippen LogP contribution in [0.1, 0.15) is 34.3 Å². The maximum absolute atomic E-state index is 12.5. The summed E-state index contributed by atoms with van der Waals surface area (Å²) in [6.07, 6.45) is 0.892. The molecule has 2 heterocycles. The van der Waals surface area contributed by atoms with Gasteiger partial charge in [-0.05, 0) is 50.8 Å². The molecule has 0 saturated heterocycles. The number of amides is 1. The number of nitrogens with one attached hydrogen (secondary N) is 1. The van der Waals surface area contributed by atoms with Gasteiger partial charge in [0.05, 0.1) is 5.75 Å². The number of benzene rings is 1. The highest BCUT2D eigenvalue weighted by molar-refractivity contribution is 8.00. The summed E-state index contributed by atoms with van der Waals surface area (Å²) in [6, 6.07) is 6.11. The predicted octanol–water partition coefficient (Wildman–Crippen LogP) is 5.22. The van der Waals surface area contributed by atoms with Gasteiger partial charge in [-0.2, -0.15) is 0 Å². The summed E-state index contributed by atoms with van der Waals surface area (Å²) in [5.74, 6) is 1.07. The zero-order chi connectivity index (χ0) is 18.8. The summed E-state index contributed by atoms with van der Waals surface area (Å²) in [5, 5.41) is 5.06. The molecule has 0 saturated carbocycles. The Bertz CT molecular complexity index is 979. The van der Waals surface area contributed by atoms with Crippen molar-refractivity contribution in [2.75, 3.05) is 11.1 Å². The van der Waals surface area contributed by atoms with Gasteiger partial charge in [-0.25, -0.2) is 9.97 Å². The SMILES string of the molecule is CCc1cccc(C)c1NC(=O)CSc1nc(C)nc2sc(C)c(C)c12. The summed E-state index contributed by atoms with van der Waals surface area (Å²) in [7, 11) is 0. The lowest BCUT2D eigenvalue weighted by atomic mass is 10.1. The van der Waals surface area contributed by atoms with Gasteiger partial charge in [-0.1, -0.05) is 36.9 Å². The van der Waals surface area contributed by atoms with Crippen LogP contribution in [-0.4, -0.2) is 21.6 Å². The molecule has 0 aliphatic rings. The van der Waals surface area contributed by atoms with E-state index >= 15 is 0 Å². The Hall–Kier alpha value is -1.92. The Kier molecular flexibility index (Phi) is 5.63. The van der Waals surface area contributed by atoms with Crippen LogP contribution in [0.15, 0.2) is 23.2 Å². The van der Waals surface area contributed by atoms with Gasteiger partial charge in [-0.3, -0.25) is 4.79 Å². The fourth-order valence-electron chi connectivity index (χ4n) is 2.93. The van der Waals surface area contributed by atoms with Crippen molar-refractivity contribution < 1.29 is 4.79 Å². The van der Waals surface area contributed by atoms with Crippen LogP contribution in [0.3, 0.4) is 0 Å². The number of carbonyl (C=O) groups is 1. The van der Waals surface area contributed by atoms with Gasteiger partial charge in [0.2, 0.25) is 5.91 Å². The number of nitrogens with zero attached hydrogens (tertiary/aromatic N) is 2. The Labute approximate surface area is 162 Å². The van der Waals surface area contributed by atoms with Crippen molar-refractivity contribution in [1.82, 2.24) is 9.97 Å². The third-order valence-corrected chi connectivity index (χ3v) is 6.53. The monoisotopic (exact) mass is 385 g/mol. The molecule has 6 heteroatoms. The average Bonchev–Trinajstić information content (AvgIpc) is 2.88. The molecule has 0 fully saturated rings. The number of anilines is 1. The van der Waals surface area contributed by atoms with Crippen LogP contribution < -0.4 is 5.32 Å². The molecule has 4 nitrogen and oxygen atoms in total. The van der Waals surface area contributed by atoms with E-state index in [-0.39, 0.29) is 5.91 Å². The topological polar surface area (TPSA) is 54.9 Å². The number of fused-ring (bicyclic) bond motifs is 1. The van der Waals surface area contributed by atoms with Gasteiger partial charge in [0, 0.05) is 16.0 Å². The Morgan fingerprint density at radius 1 is 1.19 bits per heavy atom. The molecule has 0 aliphatic heterocycles. The van der Waals surface area contributed by atoms with E-state index in [4.69, 9.17) is 0 Å². The fourth-order valence-corrected chi connectivity index (χ4v) is 5.00. The first kappa shape index (κ1) is 18.9. The third-order valence-electron chi connectivity index (χ3n) is 4.45. The summed E-state index contributed by atoms with van der Waals surface area (Å²) in [5.41, 5.74) is 4.40. The molecule has 0 atom stereocenters. The van der Waals surface area contributed by atoms with E-state index in [9.17, 15) is 4.79 Å². The number of para-hydroxylation sites is 1. The first-order valence-electron chi connectivity index (χ1n) is 8.66. The van der Waals surface area contributed by atoms with Gasteiger partial charge >= 0.3 is 0 Å². The zero-order valence-electron chi connectivity index (χ0n) is 15.8. The number of carbonyl (C=O) groups excluding carboxylic acids is 1. The van der Waals surface area contributed by atoms with Crippen molar-refractivity contribution in [1.29, 1.82) is 0 Å².